The zero-order valence-electron chi connectivity index (χ0n) is 12.8. The number of halogens is 1. The molecule has 3 heteroatoms. The highest BCUT2D eigenvalue weighted by Crippen LogP contribution is 2.21. The summed E-state index contributed by atoms with van der Waals surface area (Å²) in [5.74, 6) is 0.719. The van der Waals surface area contributed by atoms with Crippen LogP contribution in [0.4, 0.5) is 4.39 Å². The maximum atomic E-state index is 13.4. The fourth-order valence-corrected chi connectivity index (χ4v) is 2.54. The largest absolute Gasteiger partial charge is 0.496 e. The van der Waals surface area contributed by atoms with E-state index < -0.39 is 0 Å². The van der Waals surface area contributed by atoms with Gasteiger partial charge in [0.05, 0.1) is 7.11 Å². The molecule has 0 aliphatic rings. The Bertz CT molecular complexity index is 598. The third-order valence-corrected chi connectivity index (χ3v) is 3.84. The third-order valence-electron chi connectivity index (χ3n) is 3.84. The smallest absolute Gasteiger partial charge is 0.123 e. The first-order valence-electron chi connectivity index (χ1n) is 7.18. The Kier molecular flexibility index (Phi) is 5.34. The Morgan fingerprint density at radius 3 is 2.52 bits per heavy atom. The van der Waals surface area contributed by atoms with Gasteiger partial charge in [0, 0.05) is 6.04 Å². The maximum absolute atomic E-state index is 13.4. The van der Waals surface area contributed by atoms with Crippen molar-refractivity contribution in [3.63, 3.8) is 0 Å². The fraction of sp³-hybridized carbons (Fsp3) is 0.333. The molecule has 0 aliphatic carbocycles. The predicted octanol–water partition coefficient (Wildman–Crippen LogP) is 3.52. The van der Waals surface area contributed by atoms with Crippen LogP contribution in [0.1, 0.15) is 16.7 Å². The van der Waals surface area contributed by atoms with Crippen molar-refractivity contribution in [1.82, 2.24) is 5.32 Å². The van der Waals surface area contributed by atoms with Crippen molar-refractivity contribution >= 4 is 0 Å². The van der Waals surface area contributed by atoms with Crippen LogP contribution in [0.15, 0.2) is 42.5 Å². The summed E-state index contributed by atoms with van der Waals surface area (Å²) < 4.78 is 18.8. The lowest BCUT2D eigenvalue weighted by molar-refractivity contribution is 0.405. The molecule has 0 bridgehead atoms. The number of nitrogens with one attached hydrogen (secondary N) is 1. The number of hydrogen-bond acceptors (Lipinski definition) is 2. The van der Waals surface area contributed by atoms with Crippen molar-refractivity contribution < 1.29 is 9.13 Å². The number of para-hydroxylation sites is 1. The van der Waals surface area contributed by atoms with Gasteiger partial charge in [0.25, 0.3) is 0 Å². The monoisotopic (exact) mass is 287 g/mol. The van der Waals surface area contributed by atoms with Crippen molar-refractivity contribution in [2.75, 3.05) is 14.2 Å². The zero-order valence-corrected chi connectivity index (χ0v) is 12.8. The van der Waals surface area contributed by atoms with Crippen molar-refractivity contribution in [2.45, 2.75) is 25.8 Å². The fourth-order valence-electron chi connectivity index (χ4n) is 2.54. The molecule has 2 nitrogen and oxygen atoms in total. The average Bonchev–Trinajstić information content (AvgIpc) is 2.50. The SMILES string of the molecule is CNC(Cc1cc(F)ccc1C)Cc1ccccc1OC. The minimum atomic E-state index is -0.178. The number of ether oxygens (including phenoxy) is 1. The minimum absolute atomic E-state index is 0.178. The van der Waals surface area contributed by atoms with E-state index in [1.54, 1.807) is 13.2 Å². The molecule has 0 saturated carbocycles. The summed E-state index contributed by atoms with van der Waals surface area (Å²) in [5, 5.41) is 3.32. The van der Waals surface area contributed by atoms with Crippen LogP contribution >= 0.6 is 0 Å². The van der Waals surface area contributed by atoms with Gasteiger partial charge in [-0.25, -0.2) is 4.39 Å². The number of hydrogen-bond donors (Lipinski definition) is 1. The Balaban J connectivity index is 2.15. The van der Waals surface area contributed by atoms with Gasteiger partial charge in [-0.05, 0) is 61.7 Å². The van der Waals surface area contributed by atoms with Crippen LogP contribution in [-0.2, 0) is 12.8 Å². The Hall–Kier alpha value is -1.87. The Labute approximate surface area is 126 Å². The average molecular weight is 287 g/mol. The van der Waals surface area contributed by atoms with Crippen molar-refractivity contribution in [2.24, 2.45) is 0 Å². The van der Waals surface area contributed by atoms with Gasteiger partial charge in [-0.1, -0.05) is 24.3 Å². The first-order valence-corrected chi connectivity index (χ1v) is 7.18. The lowest BCUT2D eigenvalue weighted by Gasteiger charge is -2.19. The highest BCUT2D eigenvalue weighted by Gasteiger charge is 2.13. The number of benzene rings is 2. The number of rotatable bonds is 6. The van der Waals surface area contributed by atoms with Crippen LogP contribution in [0.25, 0.3) is 0 Å². The number of aryl methyl sites for hydroxylation is 1. The molecule has 0 amide bonds. The molecule has 1 N–H and O–H groups in total. The molecular formula is C18H22FNO. The van der Waals surface area contributed by atoms with Crippen molar-refractivity contribution in [3.8, 4) is 5.75 Å². The summed E-state index contributed by atoms with van der Waals surface area (Å²) in [6.45, 7) is 2.02. The van der Waals surface area contributed by atoms with Gasteiger partial charge in [0.15, 0.2) is 0 Å². The molecule has 0 spiro atoms. The highest BCUT2D eigenvalue weighted by molar-refractivity contribution is 5.34. The van der Waals surface area contributed by atoms with E-state index in [1.165, 1.54) is 6.07 Å². The van der Waals surface area contributed by atoms with Gasteiger partial charge in [0.1, 0.15) is 11.6 Å². The summed E-state index contributed by atoms with van der Waals surface area (Å²) in [6, 6.07) is 13.2. The van der Waals surface area contributed by atoms with E-state index in [9.17, 15) is 4.39 Å². The molecule has 2 aromatic rings. The van der Waals surface area contributed by atoms with E-state index >= 15 is 0 Å². The topological polar surface area (TPSA) is 21.3 Å². The van der Waals surface area contributed by atoms with Gasteiger partial charge >= 0.3 is 0 Å². The summed E-state index contributed by atoms with van der Waals surface area (Å²) in [5.41, 5.74) is 3.33. The second kappa shape index (κ2) is 7.23. The molecule has 0 aromatic heterocycles. The van der Waals surface area contributed by atoms with Crippen LogP contribution in [0, 0.1) is 12.7 Å². The van der Waals surface area contributed by atoms with Gasteiger partial charge in [-0.15, -0.1) is 0 Å². The molecule has 112 valence electrons. The maximum Gasteiger partial charge on any atom is 0.123 e. The van der Waals surface area contributed by atoms with E-state index in [-0.39, 0.29) is 11.9 Å². The van der Waals surface area contributed by atoms with E-state index in [2.05, 4.69) is 11.4 Å². The lowest BCUT2D eigenvalue weighted by Crippen LogP contribution is -2.30. The second-order valence-electron chi connectivity index (χ2n) is 5.28. The summed E-state index contributed by atoms with van der Waals surface area (Å²) in [7, 11) is 3.62. The Morgan fingerprint density at radius 2 is 1.81 bits per heavy atom. The van der Waals surface area contributed by atoms with E-state index in [0.29, 0.717) is 0 Å². The predicted molar refractivity (Wildman–Crippen MR) is 84.4 cm³/mol. The molecular weight excluding hydrogens is 265 g/mol. The standard InChI is InChI=1S/C18H22FNO/c1-13-8-9-16(19)10-15(13)12-17(20-2)11-14-6-4-5-7-18(14)21-3/h4-10,17,20H,11-12H2,1-3H3. The second-order valence-corrected chi connectivity index (χ2v) is 5.28. The molecule has 0 radical (unpaired) electrons. The first-order chi connectivity index (χ1) is 10.1. The van der Waals surface area contributed by atoms with E-state index in [4.69, 9.17) is 4.74 Å². The van der Waals surface area contributed by atoms with Gasteiger partial charge in [-0.3, -0.25) is 0 Å². The van der Waals surface area contributed by atoms with Crippen LogP contribution in [0.3, 0.4) is 0 Å². The number of likely N-dealkylation sites (N-methyl/N-ethyl adjacent to an activating group) is 1. The van der Waals surface area contributed by atoms with Gasteiger partial charge < -0.3 is 10.1 Å². The van der Waals surface area contributed by atoms with Gasteiger partial charge in [-0.2, -0.15) is 0 Å². The Morgan fingerprint density at radius 1 is 1.10 bits per heavy atom. The van der Waals surface area contributed by atoms with Crippen molar-refractivity contribution in [3.05, 3.63) is 65.0 Å². The zero-order chi connectivity index (χ0) is 15.2. The number of methoxy groups -OCH3 is 1. The molecule has 1 atom stereocenters. The van der Waals surface area contributed by atoms with Crippen LogP contribution in [0.2, 0.25) is 0 Å². The molecule has 2 rings (SSSR count). The van der Waals surface area contributed by atoms with Crippen LogP contribution < -0.4 is 10.1 Å². The quantitative estimate of drug-likeness (QED) is 0.878. The summed E-state index contributed by atoms with van der Waals surface area (Å²) >= 11 is 0. The molecule has 2 aromatic carbocycles. The molecule has 0 heterocycles. The summed E-state index contributed by atoms with van der Waals surface area (Å²) in [4.78, 5) is 0. The normalized spacial score (nSPS) is 12.2. The van der Waals surface area contributed by atoms with Crippen LogP contribution in [0.5, 0.6) is 5.75 Å². The van der Waals surface area contributed by atoms with E-state index in [0.717, 1.165) is 35.3 Å². The molecule has 0 fully saturated rings. The molecule has 0 aliphatic heterocycles. The highest BCUT2D eigenvalue weighted by atomic mass is 19.1. The first kappa shape index (κ1) is 15.5. The lowest BCUT2D eigenvalue weighted by atomic mass is 9.96. The molecule has 1 unspecified atom stereocenters. The summed E-state index contributed by atoms with van der Waals surface area (Å²) in [6.07, 6.45) is 1.63. The third kappa shape index (κ3) is 4.05. The molecule has 21 heavy (non-hydrogen) atoms. The molecule has 0 saturated heterocycles. The van der Waals surface area contributed by atoms with Crippen LogP contribution in [-0.4, -0.2) is 20.2 Å². The van der Waals surface area contributed by atoms with Gasteiger partial charge in [0.2, 0.25) is 0 Å². The minimum Gasteiger partial charge on any atom is -0.496 e. The van der Waals surface area contributed by atoms with E-state index in [1.807, 2.05) is 38.2 Å². The van der Waals surface area contributed by atoms with Crippen molar-refractivity contribution in [1.29, 1.82) is 0 Å².